The average Bonchev–Trinajstić information content (AvgIpc) is 2.40. The van der Waals surface area contributed by atoms with Crippen LogP contribution in [0.5, 0.6) is 0 Å². The van der Waals surface area contributed by atoms with E-state index in [2.05, 4.69) is 11.9 Å². The monoisotopic (exact) mass is 141 g/mol. The van der Waals surface area contributed by atoms with Crippen molar-refractivity contribution in [1.82, 2.24) is 4.90 Å². The maximum atomic E-state index is 9.53. The van der Waals surface area contributed by atoms with Gasteiger partial charge in [-0.25, -0.2) is 0 Å². The Morgan fingerprint density at radius 1 is 1.30 bits per heavy atom. The second-order valence-electron chi connectivity index (χ2n) is 3.66. The van der Waals surface area contributed by atoms with Crippen molar-refractivity contribution in [3.05, 3.63) is 0 Å². The van der Waals surface area contributed by atoms with Crippen LogP contribution in [0.4, 0.5) is 0 Å². The lowest BCUT2D eigenvalue weighted by Crippen LogP contribution is -2.35. The number of aliphatic hydroxyl groups is 1. The van der Waals surface area contributed by atoms with E-state index in [1.54, 1.807) is 0 Å². The number of nitrogens with zero attached hydrogens (tertiary/aromatic N) is 1. The molecule has 0 amide bonds. The van der Waals surface area contributed by atoms with Gasteiger partial charge in [0.15, 0.2) is 0 Å². The molecule has 2 fully saturated rings. The average molecular weight is 141 g/mol. The number of hydrogen-bond acceptors (Lipinski definition) is 2. The van der Waals surface area contributed by atoms with Crippen LogP contribution in [0.2, 0.25) is 0 Å². The molecule has 0 spiro atoms. The molecule has 0 bridgehead atoms. The van der Waals surface area contributed by atoms with E-state index in [4.69, 9.17) is 0 Å². The van der Waals surface area contributed by atoms with Gasteiger partial charge in [0.2, 0.25) is 0 Å². The summed E-state index contributed by atoms with van der Waals surface area (Å²) < 4.78 is 0. The molecule has 0 aromatic heterocycles. The van der Waals surface area contributed by atoms with E-state index in [0.29, 0.717) is 6.04 Å². The minimum absolute atomic E-state index is 0.0301. The topological polar surface area (TPSA) is 23.5 Å². The fourth-order valence-electron chi connectivity index (χ4n) is 2.53. The van der Waals surface area contributed by atoms with Crippen molar-refractivity contribution in [2.75, 3.05) is 13.6 Å². The molecule has 58 valence electrons. The number of fused-ring (bicyclic) bond motifs is 1. The number of hydrogen-bond donors (Lipinski definition) is 1. The Kier molecular flexibility index (Phi) is 1.46. The van der Waals surface area contributed by atoms with E-state index < -0.39 is 0 Å². The Balaban J connectivity index is 2.11. The molecule has 1 saturated carbocycles. The van der Waals surface area contributed by atoms with Crippen LogP contribution in [0, 0.1) is 5.92 Å². The molecule has 0 radical (unpaired) electrons. The van der Waals surface area contributed by atoms with E-state index in [9.17, 15) is 5.11 Å². The van der Waals surface area contributed by atoms with Crippen LogP contribution in [-0.4, -0.2) is 35.7 Å². The fraction of sp³-hybridized carbons (Fsp3) is 1.00. The standard InChI is InChI=1S/C8H15NO/c1-9-5-4-6-2-3-7(10)8(6)9/h6-8,10H,2-5H2,1H3. The van der Waals surface area contributed by atoms with E-state index in [-0.39, 0.29) is 6.10 Å². The van der Waals surface area contributed by atoms with Gasteiger partial charge in [-0.05, 0) is 38.8 Å². The summed E-state index contributed by atoms with van der Waals surface area (Å²) >= 11 is 0. The smallest absolute Gasteiger partial charge is 0.0698 e. The maximum absolute atomic E-state index is 9.53. The van der Waals surface area contributed by atoms with Gasteiger partial charge >= 0.3 is 0 Å². The van der Waals surface area contributed by atoms with Crippen molar-refractivity contribution in [1.29, 1.82) is 0 Å². The Bertz CT molecular complexity index is 123. The molecule has 1 aliphatic carbocycles. The highest BCUT2D eigenvalue weighted by atomic mass is 16.3. The predicted molar refractivity (Wildman–Crippen MR) is 39.8 cm³/mol. The van der Waals surface area contributed by atoms with Crippen molar-refractivity contribution in [3.63, 3.8) is 0 Å². The predicted octanol–water partition coefficient (Wildman–Crippen LogP) is 0.461. The molecule has 3 atom stereocenters. The summed E-state index contributed by atoms with van der Waals surface area (Å²) in [5.41, 5.74) is 0. The molecule has 1 heterocycles. The van der Waals surface area contributed by atoms with Crippen molar-refractivity contribution < 1.29 is 5.11 Å². The SMILES string of the molecule is CN1CCC2CCC(O)C21. The minimum Gasteiger partial charge on any atom is -0.391 e. The first-order chi connectivity index (χ1) is 4.79. The lowest BCUT2D eigenvalue weighted by molar-refractivity contribution is 0.0986. The van der Waals surface area contributed by atoms with Gasteiger partial charge in [0, 0.05) is 6.04 Å². The summed E-state index contributed by atoms with van der Waals surface area (Å²) in [4.78, 5) is 2.31. The summed E-state index contributed by atoms with van der Waals surface area (Å²) in [6.07, 6.45) is 3.55. The number of likely N-dealkylation sites (N-methyl/N-ethyl adjacent to an activating group) is 1. The molecule has 1 saturated heterocycles. The van der Waals surface area contributed by atoms with Gasteiger partial charge in [-0.3, -0.25) is 0 Å². The first-order valence-electron chi connectivity index (χ1n) is 4.17. The molecule has 10 heavy (non-hydrogen) atoms. The van der Waals surface area contributed by atoms with E-state index in [1.807, 2.05) is 0 Å². The van der Waals surface area contributed by atoms with Gasteiger partial charge in [0.25, 0.3) is 0 Å². The molecule has 2 heteroatoms. The molecular weight excluding hydrogens is 126 g/mol. The van der Waals surface area contributed by atoms with E-state index in [1.165, 1.54) is 19.4 Å². The maximum Gasteiger partial charge on any atom is 0.0698 e. The highest BCUT2D eigenvalue weighted by Crippen LogP contribution is 2.36. The zero-order valence-electron chi connectivity index (χ0n) is 6.45. The molecule has 3 unspecified atom stereocenters. The third-order valence-electron chi connectivity index (χ3n) is 3.07. The molecular formula is C8H15NO. The highest BCUT2D eigenvalue weighted by Gasteiger charge is 2.41. The van der Waals surface area contributed by atoms with E-state index >= 15 is 0 Å². The number of aliphatic hydroxyl groups excluding tert-OH is 1. The van der Waals surface area contributed by atoms with Crippen LogP contribution in [0.3, 0.4) is 0 Å². The third-order valence-corrected chi connectivity index (χ3v) is 3.07. The zero-order valence-corrected chi connectivity index (χ0v) is 6.45. The number of likely N-dealkylation sites (tertiary alicyclic amines) is 1. The second kappa shape index (κ2) is 2.21. The minimum atomic E-state index is -0.0301. The Morgan fingerprint density at radius 3 is 2.80 bits per heavy atom. The summed E-state index contributed by atoms with van der Waals surface area (Å²) in [6.45, 7) is 1.19. The third kappa shape index (κ3) is 0.789. The molecule has 2 rings (SSSR count). The second-order valence-corrected chi connectivity index (χ2v) is 3.66. The van der Waals surface area contributed by atoms with Crippen LogP contribution < -0.4 is 0 Å². The van der Waals surface area contributed by atoms with Gasteiger partial charge in [0.05, 0.1) is 6.10 Å². The molecule has 1 aliphatic heterocycles. The molecule has 1 N–H and O–H groups in total. The van der Waals surface area contributed by atoms with Crippen LogP contribution in [0.1, 0.15) is 19.3 Å². The quantitative estimate of drug-likeness (QED) is 0.530. The first-order valence-corrected chi connectivity index (χ1v) is 4.17. The Morgan fingerprint density at radius 2 is 2.10 bits per heavy atom. The van der Waals surface area contributed by atoms with Gasteiger partial charge in [-0.2, -0.15) is 0 Å². The number of rotatable bonds is 0. The fourth-order valence-corrected chi connectivity index (χ4v) is 2.53. The lowest BCUT2D eigenvalue weighted by Gasteiger charge is -2.21. The van der Waals surface area contributed by atoms with Crippen molar-refractivity contribution >= 4 is 0 Å². The summed E-state index contributed by atoms with van der Waals surface area (Å²) in [5, 5.41) is 9.53. The van der Waals surface area contributed by atoms with Gasteiger partial charge in [0.1, 0.15) is 0 Å². The zero-order chi connectivity index (χ0) is 7.14. The van der Waals surface area contributed by atoms with Gasteiger partial charge in [-0.15, -0.1) is 0 Å². The van der Waals surface area contributed by atoms with Crippen molar-refractivity contribution in [2.45, 2.75) is 31.4 Å². The first kappa shape index (κ1) is 6.62. The van der Waals surface area contributed by atoms with Gasteiger partial charge < -0.3 is 10.0 Å². The van der Waals surface area contributed by atoms with Gasteiger partial charge in [-0.1, -0.05) is 0 Å². The molecule has 0 aromatic rings. The Hall–Kier alpha value is -0.0800. The van der Waals surface area contributed by atoms with Crippen LogP contribution >= 0.6 is 0 Å². The summed E-state index contributed by atoms with van der Waals surface area (Å²) in [7, 11) is 2.12. The molecule has 0 aromatic carbocycles. The lowest BCUT2D eigenvalue weighted by atomic mass is 10.0. The normalized spacial score (nSPS) is 48.0. The summed E-state index contributed by atoms with van der Waals surface area (Å²) in [6, 6.07) is 0.500. The van der Waals surface area contributed by atoms with E-state index in [0.717, 1.165) is 12.3 Å². The van der Waals surface area contributed by atoms with Crippen LogP contribution in [0.15, 0.2) is 0 Å². The summed E-state index contributed by atoms with van der Waals surface area (Å²) in [5.74, 6) is 0.806. The van der Waals surface area contributed by atoms with Crippen LogP contribution in [-0.2, 0) is 0 Å². The molecule has 2 aliphatic rings. The van der Waals surface area contributed by atoms with Crippen LogP contribution in [0.25, 0.3) is 0 Å². The highest BCUT2D eigenvalue weighted by molar-refractivity contribution is 4.95. The van der Waals surface area contributed by atoms with Crippen molar-refractivity contribution in [2.24, 2.45) is 5.92 Å². The Labute approximate surface area is 61.8 Å². The largest absolute Gasteiger partial charge is 0.391 e. The molecule has 2 nitrogen and oxygen atoms in total. The van der Waals surface area contributed by atoms with Crippen molar-refractivity contribution in [3.8, 4) is 0 Å².